The lowest BCUT2D eigenvalue weighted by atomic mass is 9.80. The molecule has 1 fully saturated rings. The molecule has 5 rings (SSSR count). The predicted molar refractivity (Wildman–Crippen MR) is 108 cm³/mol. The molecule has 3 heterocycles. The van der Waals surface area contributed by atoms with Crippen LogP contribution in [0.2, 0.25) is 0 Å². The fourth-order valence-electron chi connectivity index (χ4n) is 4.93. The maximum absolute atomic E-state index is 14.2. The van der Waals surface area contributed by atoms with Gasteiger partial charge in [0.2, 0.25) is 5.43 Å². The van der Waals surface area contributed by atoms with Crippen LogP contribution < -0.4 is 5.43 Å². The van der Waals surface area contributed by atoms with Gasteiger partial charge in [-0.05, 0) is 48.2 Å². The van der Waals surface area contributed by atoms with Crippen molar-refractivity contribution in [3.8, 4) is 5.75 Å². The number of nitrogens with zero attached hydrogens (tertiary/aromatic N) is 3. The topological polar surface area (TPSA) is 75.4 Å². The van der Waals surface area contributed by atoms with E-state index >= 15 is 0 Å². The molecule has 0 spiro atoms. The summed E-state index contributed by atoms with van der Waals surface area (Å²) in [6.07, 6.45) is 2.38. The van der Waals surface area contributed by atoms with Crippen LogP contribution in [-0.2, 0) is 0 Å². The Morgan fingerprint density at radius 1 is 1.03 bits per heavy atom. The predicted octanol–water partition coefficient (Wildman–Crippen LogP) is 3.22. The average Bonchev–Trinajstić information content (AvgIpc) is 3.23. The van der Waals surface area contributed by atoms with E-state index in [1.165, 1.54) is 28.9 Å². The summed E-state index contributed by atoms with van der Waals surface area (Å²) >= 11 is 0. The molecule has 0 bridgehead atoms. The van der Waals surface area contributed by atoms with Crippen LogP contribution in [0, 0.1) is 11.6 Å². The zero-order chi connectivity index (χ0) is 21.7. The Bertz CT molecular complexity index is 1200. The molecule has 2 atom stereocenters. The number of aromatic nitrogens is 2. The molecule has 31 heavy (non-hydrogen) atoms. The maximum Gasteiger partial charge on any atom is 0.276 e. The molecule has 1 aromatic heterocycles. The fraction of sp³-hybridized carbons (Fsp3) is 0.261. The molecular formula is C23H19F2N3O3. The lowest BCUT2D eigenvalue weighted by Crippen LogP contribution is -2.50. The first kappa shape index (κ1) is 19.4. The van der Waals surface area contributed by atoms with Gasteiger partial charge in [-0.15, -0.1) is 0 Å². The number of amides is 1. The van der Waals surface area contributed by atoms with Gasteiger partial charge in [-0.2, -0.15) is 5.10 Å². The third kappa shape index (κ3) is 3.10. The normalized spacial score (nSPS) is 20.1. The van der Waals surface area contributed by atoms with E-state index in [1.807, 2.05) is 0 Å². The number of halogens is 2. The van der Waals surface area contributed by atoms with E-state index in [4.69, 9.17) is 0 Å². The highest BCUT2D eigenvalue weighted by atomic mass is 19.1. The van der Waals surface area contributed by atoms with Crippen LogP contribution in [0.5, 0.6) is 5.75 Å². The number of hydrogen-bond donors (Lipinski definition) is 1. The highest BCUT2D eigenvalue weighted by Crippen LogP contribution is 2.45. The Labute approximate surface area is 176 Å². The molecule has 2 aromatic carbocycles. The summed E-state index contributed by atoms with van der Waals surface area (Å²) in [6.45, 7) is 0.474. The lowest BCUT2D eigenvalue weighted by molar-refractivity contribution is 0.0565. The zero-order valence-corrected chi connectivity index (χ0v) is 16.4. The van der Waals surface area contributed by atoms with Crippen LogP contribution >= 0.6 is 0 Å². The SMILES string of the molecule is O=C1c2c(O)c(=O)cnn2[C@H](C(c2cccc(F)c2)c2cccc(F)c2)[C@H]2CCCN12. The van der Waals surface area contributed by atoms with E-state index in [1.54, 1.807) is 29.2 Å². The first-order valence-electron chi connectivity index (χ1n) is 10.1. The smallest absolute Gasteiger partial charge is 0.276 e. The van der Waals surface area contributed by atoms with Crippen molar-refractivity contribution in [1.82, 2.24) is 14.7 Å². The van der Waals surface area contributed by atoms with Gasteiger partial charge >= 0.3 is 0 Å². The van der Waals surface area contributed by atoms with Crippen LogP contribution in [0.4, 0.5) is 8.78 Å². The van der Waals surface area contributed by atoms with Crippen molar-refractivity contribution in [2.24, 2.45) is 0 Å². The van der Waals surface area contributed by atoms with Gasteiger partial charge in [0.25, 0.3) is 5.91 Å². The van der Waals surface area contributed by atoms with E-state index < -0.39 is 40.7 Å². The molecule has 3 aromatic rings. The second-order valence-corrected chi connectivity index (χ2v) is 7.94. The van der Waals surface area contributed by atoms with E-state index in [0.717, 1.165) is 12.6 Å². The number of carbonyl (C=O) groups excluding carboxylic acids is 1. The summed E-state index contributed by atoms with van der Waals surface area (Å²) in [4.78, 5) is 26.7. The number of fused-ring (bicyclic) bond motifs is 2. The Morgan fingerprint density at radius 2 is 1.68 bits per heavy atom. The number of rotatable bonds is 3. The molecular weight excluding hydrogens is 404 g/mol. The van der Waals surface area contributed by atoms with Gasteiger partial charge in [-0.3, -0.25) is 14.3 Å². The van der Waals surface area contributed by atoms with Crippen molar-refractivity contribution < 1.29 is 18.7 Å². The second kappa shape index (κ2) is 7.30. The van der Waals surface area contributed by atoms with Crippen molar-refractivity contribution in [2.75, 3.05) is 6.54 Å². The average molecular weight is 423 g/mol. The number of carbonyl (C=O) groups is 1. The van der Waals surface area contributed by atoms with Crippen molar-refractivity contribution >= 4 is 5.91 Å². The van der Waals surface area contributed by atoms with Crippen LogP contribution in [0.1, 0.15) is 46.4 Å². The first-order chi connectivity index (χ1) is 15.0. The van der Waals surface area contributed by atoms with E-state index in [-0.39, 0.29) is 11.7 Å². The third-order valence-corrected chi connectivity index (χ3v) is 6.18. The standard InChI is InChI=1S/C23H19F2N3O3/c24-15-6-1-4-13(10-15)19(14-5-2-7-16(25)11-14)20-17-8-3-9-27(17)23(31)21-22(30)18(29)12-26-28(20)21/h1-2,4-7,10-12,17,19-20,30H,3,8-9H2/t17-,20+/m1/s1. The monoisotopic (exact) mass is 423 g/mol. The molecule has 8 heteroatoms. The van der Waals surface area contributed by atoms with Gasteiger partial charge in [-0.1, -0.05) is 24.3 Å². The van der Waals surface area contributed by atoms with Gasteiger partial charge in [0.05, 0.1) is 18.3 Å². The number of benzene rings is 2. The van der Waals surface area contributed by atoms with Crippen LogP contribution in [0.15, 0.2) is 59.5 Å². The molecule has 0 unspecified atom stereocenters. The Balaban J connectivity index is 1.79. The third-order valence-electron chi connectivity index (χ3n) is 6.18. The Morgan fingerprint density at radius 3 is 2.29 bits per heavy atom. The van der Waals surface area contributed by atoms with E-state index in [9.17, 15) is 23.5 Å². The molecule has 1 N–H and O–H groups in total. The molecule has 0 aliphatic carbocycles. The summed E-state index contributed by atoms with van der Waals surface area (Å²) in [5.74, 6) is -2.57. The summed E-state index contributed by atoms with van der Waals surface area (Å²) in [5.41, 5.74) is 0.239. The van der Waals surface area contributed by atoms with Crippen molar-refractivity contribution in [3.63, 3.8) is 0 Å². The van der Waals surface area contributed by atoms with Gasteiger partial charge < -0.3 is 10.0 Å². The van der Waals surface area contributed by atoms with Crippen molar-refractivity contribution in [2.45, 2.75) is 30.8 Å². The maximum atomic E-state index is 14.2. The largest absolute Gasteiger partial charge is 0.502 e. The van der Waals surface area contributed by atoms with Crippen LogP contribution in [0.3, 0.4) is 0 Å². The molecule has 2 aliphatic rings. The van der Waals surface area contributed by atoms with E-state index in [2.05, 4.69) is 5.10 Å². The number of hydrogen-bond acceptors (Lipinski definition) is 4. The molecule has 0 saturated carbocycles. The van der Waals surface area contributed by atoms with Gasteiger partial charge in [0.1, 0.15) is 11.6 Å². The van der Waals surface area contributed by atoms with Crippen LogP contribution in [0.25, 0.3) is 0 Å². The number of aromatic hydroxyl groups is 1. The summed E-state index contributed by atoms with van der Waals surface area (Å²) in [7, 11) is 0. The molecule has 1 amide bonds. The summed E-state index contributed by atoms with van der Waals surface area (Å²) in [5, 5.41) is 14.6. The minimum absolute atomic E-state index is 0.187. The minimum Gasteiger partial charge on any atom is -0.502 e. The molecule has 2 aliphatic heterocycles. The quantitative estimate of drug-likeness (QED) is 0.702. The Hall–Kier alpha value is -3.55. The molecule has 1 saturated heterocycles. The van der Waals surface area contributed by atoms with Crippen molar-refractivity contribution in [1.29, 1.82) is 0 Å². The summed E-state index contributed by atoms with van der Waals surface area (Å²) in [6, 6.07) is 11.2. The fourth-order valence-corrected chi connectivity index (χ4v) is 4.93. The van der Waals surface area contributed by atoms with Crippen molar-refractivity contribution in [3.05, 3.63) is 93.4 Å². The highest BCUT2D eigenvalue weighted by molar-refractivity contribution is 5.96. The highest BCUT2D eigenvalue weighted by Gasteiger charge is 2.48. The second-order valence-electron chi connectivity index (χ2n) is 7.94. The molecule has 158 valence electrons. The molecule has 6 nitrogen and oxygen atoms in total. The Kier molecular flexibility index (Phi) is 4.57. The van der Waals surface area contributed by atoms with Gasteiger partial charge in [0, 0.05) is 12.5 Å². The zero-order valence-electron chi connectivity index (χ0n) is 16.4. The van der Waals surface area contributed by atoms with E-state index in [0.29, 0.717) is 24.1 Å². The van der Waals surface area contributed by atoms with Gasteiger partial charge in [0.15, 0.2) is 11.4 Å². The van der Waals surface area contributed by atoms with Crippen LogP contribution in [-0.4, -0.2) is 38.3 Å². The van der Waals surface area contributed by atoms with Gasteiger partial charge in [-0.25, -0.2) is 8.78 Å². The first-order valence-corrected chi connectivity index (χ1v) is 10.1. The minimum atomic E-state index is -0.746. The lowest BCUT2D eigenvalue weighted by Gasteiger charge is -2.42. The summed E-state index contributed by atoms with van der Waals surface area (Å²) < 4.78 is 29.7. The molecule has 0 radical (unpaired) electrons.